The summed E-state index contributed by atoms with van der Waals surface area (Å²) in [4.78, 5) is 75.1. The molecular formula is C39H57N7O7S2. The van der Waals surface area contributed by atoms with Gasteiger partial charge in [0.05, 0.1) is 18.3 Å². The second-order valence-electron chi connectivity index (χ2n) is 16.8. The van der Waals surface area contributed by atoms with E-state index in [1.54, 1.807) is 23.4 Å². The maximum absolute atomic E-state index is 14.9. The van der Waals surface area contributed by atoms with Crippen LogP contribution in [0.25, 0.3) is 0 Å². The third-order valence-electron chi connectivity index (χ3n) is 11.8. The number of carbonyl (C=O) groups excluding carboxylic acids is 5. The summed E-state index contributed by atoms with van der Waals surface area (Å²) in [5.74, 6) is -3.01. The molecule has 1 unspecified atom stereocenters. The van der Waals surface area contributed by atoms with Gasteiger partial charge in [0.25, 0.3) is 5.91 Å². The second-order valence-corrected chi connectivity index (χ2v) is 20.2. The van der Waals surface area contributed by atoms with Gasteiger partial charge in [-0.1, -0.05) is 72.2 Å². The van der Waals surface area contributed by atoms with Gasteiger partial charge in [-0.2, -0.15) is 0 Å². The Balaban J connectivity index is 1.38. The van der Waals surface area contributed by atoms with Crippen molar-refractivity contribution in [1.82, 2.24) is 35.5 Å². The van der Waals surface area contributed by atoms with Crippen LogP contribution in [0.1, 0.15) is 77.4 Å². The first-order valence-electron chi connectivity index (χ1n) is 19.2. The minimum Gasteiger partial charge on any atom is -0.344 e. The van der Waals surface area contributed by atoms with Crippen LogP contribution in [0.4, 0.5) is 4.79 Å². The van der Waals surface area contributed by atoms with Crippen LogP contribution in [0.2, 0.25) is 0 Å². The molecule has 0 radical (unpaired) electrons. The van der Waals surface area contributed by atoms with Crippen molar-refractivity contribution in [3.05, 3.63) is 52.0 Å². The molecule has 16 heteroatoms. The predicted molar refractivity (Wildman–Crippen MR) is 210 cm³/mol. The zero-order chi connectivity index (χ0) is 40.5. The van der Waals surface area contributed by atoms with Crippen LogP contribution in [0.3, 0.4) is 0 Å². The lowest BCUT2D eigenvalue weighted by Gasteiger charge is -2.37. The number of Topliss-reactive ketones (excluding diaryl/α,β-unsaturated/α-hetero) is 1. The van der Waals surface area contributed by atoms with Crippen molar-refractivity contribution in [3.8, 4) is 0 Å². The molecule has 1 aromatic heterocycles. The number of fused-ring (bicyclic) bond motifs is 2. The summed E-state index contributed by atoms with van der Waals surface area (Å²) in [6.45, 7) is 13.7. The molecule has 302 valence electrons. The van der Waals surface area contributed by atoms with E-state index in [2.05, 4.69) is 40.1 Å². The van der Waals surface area contributed by atoms with Crippen LogP contribution in [-0.2, 0) is 48.6 Å². The molecule has 2 heterocycles. The number of amides is 5. The molecule has 2 fully saturated rings. The summed E-state index contributed by atoms with van der Waals surface area (Å²) in [6, 6.07) is 3.69. The number of hydrogen-bond donors (Lipinski definition) is 4. The molecule has 0 bridgehead atoms. The number of hydrogen-bond acceptors (Lipinski definition) is 9. The number of sulfonamides is 1. The van der Waals surface area contributed by atoms with Crippen LogP contribution in [0.5, 0.6) is 0 Å². The number of nitrogens with one attached hydrogen (secondary N) is 4. The van der Waals surface area contributed by atoms with Gasteiger partial charge in [0.1, 0.15) is 17.1 Å². The molecule has 1 saturated carbocycles. The summed E-state index contributed by atoms with van der Waals surface area (Å²) in [5.41, 5.74) is 1.40. The van der Waals surface area contributed by atoms with Crippen molar-refractivity contribution >= 4 is 50.9 Å². The van der Waals surface area contributed by atoms with Crippen molar-refractivity contribution in [2.45, 2.75) is 105 Å². The largest absolute Gasteiger partial charge is 0.344 e. The van der Waals surface area contributed by atoms with Gasteiger partial charge in [0.15, 0.2) is 0 Å². The number of carbonyl (C=O) groups is 5. The van der Waals surface area contributed by atoms with Crippen LogP contribution in [0.15, 0.2) is 35.8 Å². The molecule has 4 N–H and O–H groups in total. The van der Waals surface area contributed by atoms with Gasteiger partial charge in [0, 0.05) is 37.8 Å². The van der Waals surface area contributed by atoms with Gasteiger partial charge in [-0.3, -0.25) is 19.2 Å². The highest BCUT2D eigenvalue weighted by Crippen LogP contribution is 2.65. The Hall–Kier alpha value is -3.89. The first-order valence-corrected chi connectivity index (χ1v) is 21.7. The number of ketones is 1. The van der Waals surface area contributed by atoms with Gasteiger partial charge in [-0.25, -0.2) is 22.5 Å². The monoisotopic (exact) mass is 799 g/mol. The van der Waals surface area contributed by atoms with E-state index in [-0.39, 0.29) is 48.4 Å². The Morgan fingerprint density at radius 1 is 1.04 bits per heavy atom. The van der Waals surface area contributed by atoms with Gasteiger partial charge >= 0.3 is 6.03 Å². The third kappa shape index (κ3) is 9.39. The predicted octanol–water partition coefficient (Wildman–Crippen LogP) is 2.88. The maximum atomic E-state index is 14.9. The molecule has 3 aliphatic rings. The topological polar surface area (TPSA) is 187 Å². The smallest absolute Gasteiger partial charge is 0.315 e. The quantitative estimate of drug-likeness (QED) is 0.187. The highest BCUT2D eigenvalue weighted by Gasteiger charge is 2.70. The number of likely N-dealkylation sites (N-methyl/N-ethyl adjacent to an activating group) is 1. The SMILES string of the molecule is CCCC(NC(=O)[C@@H]1[C@@H]2[C@H](CN1C(=O)[C@@H](NC(=O)N[C@H](CN(C)S(=O)(=O)CC)C(C)(C)C)C1Cc3ccccc3C1)C2(C)C)C(=O)C(=O)NCc1nccs1. The Morgan fingerprint density at radius 3 is 2.25 bits per heavy atom. The number of piperidine rings is 1. The zero-order valence-corrected chi connectivity index (χ0v) is 34.8. The number of likely N-dealkylation sites (tertiary alicyclic amines) is 1. The van der Waals surface area contributed by atoms with Crippen molar-refractivity contribution in [2.75, 3.05) is 25.9 Å². The Labute approximate surface area is 329 Å². The molecule has 2 aliphatic carbocycles. The molecule has 55 heavy (non-hydrogen) atoms. The number of nitrogens with zero attached hydrogens (tertiary/aromatic N) is 3. The molecule has 0 spiro atoms. The summed E-state index contributed by atoms with van der Waals surface area (Å²) < 4.78 is 26.5. The minimum absolute atomic E-state index is 0.0331. The van der Waals surface area contributed by atoms with Crippen LogP contribution < -0.4 is 21.3 Å². The fraction of sp³-hybridized carbons (Fsp3) is 0.641. The third-order valence-corrected chi connectivity index (χ3v) is 14.4. The molecule has 6 atom stereocenters. The summed E-state index contributed by atoms with van der Waals surface area (Å²) in [7, 11) is -2.04. The van der Waals surface area contributed by atoms with Gasteiger partial charge < -0.3 is 26.2 Å². The maximum Gasteiger partial charge on any atom is 0.315 e. The van der Waals surface area contributed by atoms with Crippen LogP contribution in [0, 0.1) is 28.6 Å². The normalized spacial score (nSPS) is 21.9. The van der Waals surface area contributed by atoms with Crippen molar-refractivity contribution in [1.29, 1.82) is 0 Å². The molecule has 1 aliphatic heterocycles. The molecule has 2 aromatic rings. The lowest BCUT2D eigenvalue weighted by atomic mass is 9.86. The summed E-state index contributed by atoms with van der Waals surface area (Å²) in [6.07, 6.45) is 3.46. The average Bonchev–Trinajstić information content (AvgIpc) is 3.71. The van der Waals surface area contributed by atoms with E-state index in [0.29, 0.717) is 30.8 Å². The van der Waals surface area contributed by atoms with Crippen molar-refractivity contribution < 1.29 is 32.4 Å². The molecule has 14 nitrogen and oxygen atoms in total. The first kappa shape index (κ1) is 42.3. The van der Waals surface area contributed by atoms with Gasteiger partial charge in [0.2, 0.25) is 27.6 Å². The number of thiazole rings is 1. The molecular weight excluding hydrogens is 743 g/mol. The van der Waals surface area contributed by atoms with Crippen LogP contribution in [-0.4, -0.2) is 102 Å². The molecule has 5 rings (SSSR count). The Bertz CT molecular complexity index is 1840. The highest BCUT2D eigenvalue weighted by atomic mass is 32.2. The number of benzene rings is 1. The number of rotatable bonds is 16. The number of urea groups is 1. The second kappa shape index (κ2) is 16.7. The average molecular weight is 800 g/mol. The number of aromatic nitrogens is 1. The van der Waals surface area contributed by atoms with E-state index in [0.717, 1.165) is 11.1 Å². The van der Waals surface area contributed by atoms with Crippen LogP contribution >= 0.6 is 11.3 Å². The van der Waals surface area contributed by atoms with E-state index in [9.17, 15) is 32.4 Å². The van der Waals surface area contributed by atoms with E-state index in [1.807, 2.05) is 52.0 Å². The lowest BCUT2D eigenvalue weighted by Crippen LogP contribution is -2.61. The first-order chi connectivity index (χ1) is 25.8. The molecule has 1 aromatic carbocycles. The molecule has 5 amide bonds. The van der Waals surface area contributed by atoms with Gasteiger partial charge in [-0.15, -0.1) is 11.3 Å². The fourth-order valence-corrected chi connectivity index (χ4v) is 9.60. The van der Waals surface area contributed by atoms with Crippen molar-refractivity contribution in [3.63, 3.8) is 0 Å². The van der Waals surface area contributed by atoms with E-state index in [4.69, 9.17) is 0 Å². The lowest BCUT2D eigenvalue weighted by molar-refractivity contribution is -0.144. The minimum atomic E-state index is -3.52. The van der Waals surface area contributed by atoms with E-state index in [1.165, 1.54) is 22.7 Å². The zero-order valence-electron chi connectivity index (χ0n) is 33.2. The standard InChI is InChI=1S/C39H57N7O7S2/c1-9-13-27(33(47)35(49)41-20-29-40-16-17-54-29)42-34(48)32-30-26(39(30,6)7)21-46(32)36(50)31(25-18-23-14-11-12-15-24(23)19-25)44-37(51)43-28(38(3,4)5)22-45(8)55(52,53)10-2/h11-12,14-17,25-28,30-32H,9-10,13,18-22H2,1-8H3,(H,41,49)(H,42,48)(H2,43,44,51)/t26-,27?,28+,30-,31-,32-/m0/s1. The Kier molecular flexibility index (Phi) is 12.8. The summed E-state index contributed by atoms with van der Waals surface area (Å²) in [5, 5.41) is 13.8. The van der Waals surface area contributed by atoms with Gasteiger partial charge in [-0.05, 0) is 65.9 Å². The fourth-order valence-electron chi connectivity index (χ4n) is 8.23. The van der Waals surface area contributed by atoms with E-state index >= 15 is 0 Å². The van der Waals surface area contributed by atoms with E-state index < -0.39 is 69.1 Å². The molecule has 1 saturated heterocycles. The Morgan fingerprint density at radius 2 is 1.69 bits per heavy atom. The highest BCUT2D eigenvalue weighted by molar-refractivity contribution is 7.89. The van der Waals surface area contributed by atoms with Crippen molar-refractivity contribution in [2.24, 2.45) is 28.6 Å². The summed E-state index contributed by atoms with van der Waals surface area (Å²) >= 11 is 1.35.